The number of carbonyl (C=O) groups excluding carboxylic acids is 2. The van der Waals surface area contributed by atoms with Gasteiger partial charge in [-0.2, -0.15) is 4.31 Å². The van der Waals surface area contributed by atoms with Gasteiger partial charge in [0, 0.05) is 32.1 Å². The normalized spacial score (nSPS) is 23.4. The Morgan fingerprint density at radius 3 is 2.52 bits per heavy atom. The Hall–Kier alpha value is -2.57. The first-order valence-electron chi connectivity index (χ1n) is 10.1. The molecule has 2 fully saturated rings. The summed E-state index contributed by atoms with van der Waals surface area (Å²) in [6.07, 6.45) is 0.258. The number of benzene rings is 1. The van der Waals surface area contributed by atoms with E-state index < -0.39 is 56.3 Å². The highest BCUT2D eigenvalue weighted by Crippen LogP contribution is 2.32. The lowest BCUT2D eigenvalue weighted by atomic mass is 10.1. The molecular weight excluding hydrogens is 430 g/mol. The van der Waals surface area contributed by atoms with E-state index in [1.165, 1.54) is 19.1 Å². The van der Waals surface area contributed by atoms with Crippen molar-refractivity contribution in [2.45, 2.75) is 55.8 Å². The largest absolute Gasteiger partial charge is 0.451 e. The second-order valence-corrected chi connectivity index (χ2v) is 9.53. The predicted molar refractivity (Wildman–Crippen MR) is 107 cm³/mol. The molecule has 0 bridgehead atoms. The minimum atomic E-state index is -4.48. The Morgan fingerprint density at radius 2 is 1.87 bits per heavy atom. The minimum Gasteiger partial charge on any atom is -0.451 e. The molecule has 0 radical (unpaired) electrons. The molecule has 31 heavy (non-hydrogen) atoms. The van der Waals surface area contributed by atoms with Gasteiger partial charge in [0.25, 0.3) is 21.6 Å². The molecule has 0 aromatic heterocycles. The third-order valence-corrected chi connectivity index (χ3v) is 7.38. The maximum absolute atomic E-state index is 13.1. The second kappa shape index (κ2) is 9.28. The fourth-order valence-corrected chi connectivity index (χ4v) is 5.68. The molecule has 1 N–H and O–H groups in total. The first kappa shape index (κ1) is 23.1. The third kappa shape index (κ3) is 4.86. The molecule has 1 aromatic carbocycles. The molecule has 3 atom stereocenters. The van der Waals surface area contributed by atoms with Crippen LogP contribution < -0.4 is 0 Å². The van der Waals surface area contributed by atoms with Gasteiger partial charge < -0.3 is 14.7 Å². The summed E-state index contributed by atoms with van der Waals surface area (Å²) in [6, 6.07) is 3.39. The van der Waals surface area contributed by atoms with Crippen LogP contribution in [0.3, 0.4) is 0 Å². The Labute approximate surface area is 179 Å². The van der Waals surface area contributed by atoms with Crippen LogP contribution in [0.4, 0.5) is 5.69 Å². The van der Waals surface area contributed by atoms with Crippen LogP contribution in [-0.4, -0.2) is 77.4 Å². The standard InChI is InChI=1S/C19H25N3O8S/c1-13(18(24)20-9-5-2-6-10-20)30-19(25)16-11-14(23)12-21(16)31(28,29)17-8-4-3-7-15(17)22(26)27/h3-4,7-8,13-14,16,23H,2,5-6,9-12H2,1H3/t13-,14+,16+/m0/s1. The Bertz CT molecular complexity index is 961. The third-order valence-electron chi connectivity index (χ3n) is 5.46. The van der Waals surface area contributed by atoms with Crippen LogP contribution in [0.2, 0.25) is 0 Å². The summed E-state index contributed by atoms with van der Waals surface area (Å²) in [5, 5.41) is 21.3. The number of hydrogen-bond acceptors (Lipinski definition) is 8. The van der Waals surface area contributed by atoms with Crippen LogP contribution in [0.1, 0.15) is 32.6 Å². The molecule has 2 aliphatic rings. The van der Waals surface area contributed by atoms with E-state index in [-0.39, 0.29) is 12.3 Å². The number of hydrogen-bond donors (Lipinski definition) is 1. The van der Waals surface area contributed by atoms with Gasteiger partial charge in [-0.15, -0.1) is 0 Å². The molecule has 11 nitrogen and oxygen atoms in total. The number of amides is 1. The van der Waals surface area contributed by atoms with Crippen LogP contribution in [0.5, 0.6) is 0 Å². The summed E-state index contributed by atoms with van der Waals surface area (Å²) in [5.74, 6) is -1.34. The quantitative estimate of drug-likeness (QED) is 0.374. The average molecular weight is 455 g/mol. The number of nitro benzene ring substituents is 1. The van der Waals surface area contributed by atoms with Crippen LogP contribution in [0, 0.1) is 10.1 Å². The highest BCUT2D eigenvalue weighted by atomic mass is 32.2. The van der Waals surface area contributed by atoms with Gasteiger partial charge in [0.2, 0.25) is 0 Å². The maximum atomic E-state index is 13.1. The molecule has 2 heterocycles. The molecule has 0 unspecified atom stereocenters. The van der Waals surface area contributed by atoms with Crippen molar-refractivity contribution in [3.05, 3.63) is 34.4 Å². The number of aliphatic hydroxyl groups excluding tert-OH is 1. The molecule has 3 rings (SSSR count). The van der Waals surface area contributed by atoms with Crippen molar-refractivity contribution in [1.82, 2.24) is 9.21 Å². The lowest BCUT2D eigenvalue weighted by molar-refractivity contribution is -0.387. The lowest BCUT2D eigenvalue weighted by Gasteiger charge is -2.30. The number of ether oxygens (including phenoxy) is 1. The summed E-state index contributed by atoms with van der Waals surface area (Å²) < 4.78 is 32.2. The molecule has 12 heteroatoms. The molecule has 1 aromatic rings. The molecule has 0 spiro atoms. The fourth-order valence-electron chi connectivity index (χ4n) is 3.89. The van der Waals surface area contributed by atoms with E-state index in [2.05, 4.69) is 0 Å². The summed E-state index contributed by atoms with van der Waals surface area (Å²) in [6.45, 7) is 2.14. The summed E-state index contributed by atoms with van der Waals surface area (Å²) >= 11 is 0. The van der Waals surface area contributed by atoms with Gasteiger partial charge in [-0.1, -0.05) is 12.1 Å². The van der Waals surface area contributed by atoms with Crippen molar-refractivity contribution >= 4 is 27.6 Å². The fraction of sp³-hybridized carbons (Fsp3) is 0.579. The molecule has 2 aliphatic heterocycles. The summed E-state index contributed by atoms with van der Waals surface area (Å²) in [5.41, 5.74) is -0.635. The van der Waals surface area contributed by atoms with Gasteiger partial charge in [-0.25, -0.2) is 8.42 Å². The van der Waals surface area contributed by atoms with Gasteiger partial charge in [0.15, 0.2) is 11.0 Å². The predicted octanol–water partition coefficient (Wildman–Crippen LogP) is 0.663. The first-order valence-corrected chi connectivity index (χ1v) is 11.5. The summed E-state index contributed by atoms with van der Waals surface area (Å²) in [7, 11) is -4.48. The smallest absolute Gasteiger partial charge is 0.325 e. The molecule has 170 valence electrons. The monoisotopic (exact) mass is 455 g/mol. The number of para-hydroxylation sites is 1. The number of likely N-dealkylation sites (tertiary alicyclic amines) is 1. The average Bonchev–Trinajstić information content (AvgIpc) is 3.16. The maximum Gasteiger partial charge on any atom is 0.325 e. The number of rotatable bonds is 6. The van der Waals surface area contributed by atoms with E-state index in [0.717, 1.165) is 31.4 Å². The minimum absolute atomic E-state index is 0.233. The van der Waals surface area contributed by atoms with E-state index in [1.807, 2.05) is 0 Å². The second-order valence-electron chi connectivity index (χ2n) is 7.67. The van der Waals surface area contributed by atoms with E-state index >= 15 is 0 Å². The molecule has 1 amide bonds. The van der Waals surface area contributed by atoms with Crippen LogP contribution in [0.15, 0.2) is 29.2 Å². The van der Waals surface area contributed by atoms with Gasteiger partial charge in [0.05, 0.1) is 11.0 Å². The number of piperidine rings is 1. The van der Waals surface area contributed by atoms with E-state index in [4.69, 9.17) is 4.74 Å². The molecule has 0 saturated carbocycles. The van der Waals surface area contributed by atoms with Crippen LogP contribution in [-0.2, 0) is 24.3 Å². The van der Waals surface area contributed by atoms with Crippen molar-refractivity contribution in [3.8, 4) is 0 Å². The first-order chi connectivity index (χ1) is 14.6. The van der Waals surface area contributed by atoms with E-state index in [0.29, 0.717) is 17.4 Å². The van der Waals surface area contributed by atoms with Gasteiger partial charge in [0.1, 0.15) is 6.04 Å². The number of aliphatic hydroxyl groups is 1. The molecule has 0 aliphatic carbocycles. The number of β-amino-alcohol motifs (C(OH)–C–C–N with tert-alkyl or cyclic N) is 1. The van der Waals surface area contributed by atoms with Crippen LogP contribution >= 0.6 is 0 Å². The van der Waals surface area contributed by atoms with Crippen LogP contribution in [0.25, 0.3) is 0 Å². The zero-order chi connectivity index (χ0) is 22.8. The van der Waals surface area contributed by atoms with Crippen molar-refractivity contribution in [2.24, 2.45) is 0 Å². The van der Waals surface area contributed by atoms with Crippen molar-refractivity contribution in [3.63, 3.8) is 0 Å². The Morgan fingerprint density at radius 1 is 1.23 bits per heavy atom. The highest BCUT2D eigenvalue weighted by molar-refractivity contribution is 7.89. The van der Waals surface area contributed by atoms with Gasteiger partial charge in [-0.05, 0) is 32.3 Å². The Balaban J connectivity index is 1.80. The number of esters is 1. The number of nitro groups is 1. The van der Waals surface area contributed by atoms with Crippen molar-refractivity contribution in [2.75, 3.05) is 19.6 Å². The van der Waals surface area contributed by atoms with E-state index in [1.54, 1.807) is 4.90 Å². The zero-order valence-electron chi connectivity index (χ0n) is 17.0. The SMILES string of the molecule is C[C@H](OC(=O)[C@H]1C[C@@H](O)CN1S(=O)(=O)c1ccccc1[N+](=O)[O-])C(=O)N1CCCCC1. The molecular formula is C19H25N3O8S. The number of nitrogens with zero attached hydrogens (tertiary/aromatic N) is 3. The van der Waals surface area contributed by atoms with E-state index in [9.17, 15) is 33.2 Å². The van der Waals surface area contributed by atoms with Gasteiger partial charge in [-0.3, -0.25) is 19.7 Å². The lowest BCUT2D eigenvalue weighted by Crippen LogP contribution is -2.46. The van der Waals surface area contributed by atoms with Crippen molar-refractivity contribution in [1.29, 1.82) is 0 Å². The topological polar surface area (TPSA) is 147 Å². The highest BCUT2D eigenvalue weighted by Gasteiger charge is 2.46. The summed E-state index contributed by atoms with van der Waals surface area (Å²) in [4.78, 5) is 36.7. The van der Waals surface area contributed by atoms with Gasteiger partial charge >= 0.3 is 5.97 Å². The number of carbonyl (C=O) groups is 2. The number of sulfonamides is 1. The van der Waals surface area contributed by atoms with Crippen molar-refractivity contribution < 1.29 is 32.8 Å². The zero-order valence-corrected chi connectivity index (χ0v) is 17.9. The Kier molecular flexibility index (Phi) is 6.92. The molecule has 2 saturated heterocycles.